The maximum atomic E-state index is 15.3. The lowest BCUT2D eigenvalue weighted by Gasteiger charge is -2.37. The van der Waals surface area contributed by atoms with Gasteiger partial charge in [0.2, 0.25) is 0 Å². The minimum atomic E-state index is -1.57. The molecule has 0 spiro atoms. The van der Waals surface area contributed by atoms with E-state index < -0.39 is 11.3 Å². The Morgan fingerprint density at radius 2 is 2.04 bits per heavy atom. The molecule has 2 aromatic rings. The molecular formula is C17H20ClFN6O. The third kappa shape index (κ3) is 3.24. The van der Waals surface area contributed by atoms with Gasteiger partial charge in [0.1, 0.15) is 18.0 Å². The molecule has 0 atom stereocenters. The summed E-state index contributed by atoms with van der Waals surface area (Å²) in [5.74, 6) is 0.305. The summed E-state index contributed by atoms with van der Waals surface area (Å²) >= 11 is 6.31. The van der Waals surface area contributed by atoms with Crippen molar-refractivity contribution in [1.82, 2.24) is 19.7 Å². The van der Waals surface area contributed by atoms with E-state index in [-0.39, 0.29) is 18.0 Å². The highest BCUT2D eigenvalue weighted by atomic mass is 35.5. The van der Waals surface area contributed by atoms with E-state index in [0.717, 1.165) is 0 Å². The van der Waals surface area contributed by atoms with Crippen molar-refractivity contribution >= 4 is 17.3 Å². The number of alkyl halides is 1. The number of nitriles is 1. The van der Waals surface area contributed by atoms with Gasteiger partial charge in [0.15, 0.2) is 16.6 Å². The lowest BCUT2D eigenvalue weighted by atomic mass is 9.91. The summed E-state index contributed by atoms with van der Waals surface area (Å²) in [6.45, 7) is 3.88. The number of rotatable bonds is 3. The lowest BCUT2D eigenvalue weighted by Crippen LogP contribution is -2.42. The average Bonchev–Trinajstić information content (AvgIpc) is 3.01. The molecule has 1 N–H and O–H groups in total. The van der Waals surface area contributed by atoms with Crippen LogP contribution in [0, 0.1) is 11.3 Å². The molecule has 1 aliphatic heterocycles. The molecule has 26 heavy (non-hydrogen) atoms. The quantitative estimate of drug-likeness (QED) is 0.825. The van der Waals surface area contributed by atoms with Gasteiger partial charge in [0.05, 0.1) is 16.9 Å². The number of piperidine rings is 1. The Kier molecular flexibility index (Phi) is 4.63. The third-order valence-electron chi connectivity index (χ3n) is 4.68. The van der Waals surface area contributed by atoms with E-state index in [0.29, 0.717) is 35.9 Å². The van der Waals surface area contributed by atoms with Gasteiger partial charge in [0, 0.05) is 33.0 Å². The van der Waals surface area contributed by atoms with Crippen molar-refractivity contribution in [2.45, 2.75) is 38.0 Å². The fraction of sp³-hybridized carbons (Fsp3) is 0.529. The number of hydrogen-bond acceptors (Lipinski definition) is 6. The second-order valence-corrected chi connectivity index (χ2v) is 7.44. The smallest absolute Gasteiger partial charge is 0.173 e. The highest BCUT2D eigenvalue weighted by molar-refractivity contribution is 6.32. The topological polar surface area (TPSA) is 90.9 Å². The Balaban J connectivity index is 1.88. The fourth-order valence-corrected chi connectivity index (χ4v) is 3.52. The highest BCUT2D eigenvalue weighted by Gasteiger charge is 2.41. The number of halogens is 2. The first kappa shape index (κ1) is 18.5. The molecule has 0 radical (unpaired) electrons. The minimum Gasteiger partial charge on any atom is -0.384 e. The summed E-state index contributed by atoms with van der Waals surface area (Å²) in [6, 6.07) is 3.64. The number of hydrogen-bond donors (Lipinski definition) is 1. The van der Waals surface area contributed by atoms with E-state index in [9.17, 15) is 10.4 Å². The van der Waals surface area contributed by atoms with Gasteiger partial charge in [0.25, 0.3) is 0 Å². The molecule has 3 heterocycles. The second-order valence-electron chi connectivity index (χ2n) is 7.08. The predicted molar refractivity (Wildman–Crippen MR) is 94.4 cm³/mol. The molecule has 0 unspecified atom stereocenters. The molecule has 0 aliphatic carbocycles. The first-order valence-electron chi connectivity index (χ1n) is 8.27. The van der Waals surface area contributed by atoms with Crippen LogP contribution in [0.4, 0.5) is 10.1 Å². The lowest BCUT2D eigenvalue weighted by molar-refractivity contribution is 0.0738. The molecule has 0 bridgehead atoms. The van der Waals surface area contributed by atoms with Crippen LogP contribution in [0.15, 0.2) is 12.4 Å². The zero-order chi connectivity index (χ0) is 19.1. The normalized spacial score (nSPS) is 17.2. The molecule has 1 saturated heterocycles. The number of anilines is 1. The zero-order valence-electron chi connectivity index (χ0n) is 14.9. The standard InChI is InChI=1S/C17H20ClFN6O/c1-16(2,26)12-8-11(9-20)13(14(18)22-12)25-6-4-17(19,5-7-25)15-23-21-10-24(15)3/h8,10,26H,4-7H2,1-3H3. The van der Waals surface area contributed by atoms with E-state index in [1.807, 2.05) is 4.90 Å². The molecule has 1 fully saturated rings. The summed E-state index contributed by atoms with van der Waals surface area (Å²) in [5.41, 5.74) is -1.68. The molecule has 138 valence electrons. The number of aromatic nitrogens is 4. The Morgan fingerprint density at radius 3 is 2.54 bits per heavy atom. The van der Waals surface area contributed by atoms with Gasteiger partial charge in [-0.1, -0.05) is 11.6 Å². The van der Waals surface area contributed by atoms with Gasteiger partial charge in [-0.2, -0.15) is 5.26 Å². The summed E-state index contributed by atoms with van der Waals surface area (Å²) in [7, 11) is 1.72. The van der Waals surface area contributed by atoms with Crippen LogP contribution in [0.25, 0.3) is 0 Å². The van der Waals surface area contributed by atoms with Gasteiger partial charge in [-0.25, -0.2) is 9.37 Å². The Labute approximate surface area is 156 Å². The second kappa shape index (κ2) is 6.49. The van der Waals surface area contributed by atoms with E-state index in [4.69, 9.17) is 11.6 Å². The molecule has 1 aliphatic rings. The molecule has 0 aromatic carbocycles. The summed E-state index contributed by atoms with van der Waals surface area (Å²) in [6.07, 6.45) is 1.88. The highest BCUT2D eigenvalue weighted by Crippen LogP contribution is 2.39. The van der Waals surface area contributed by atoms with Gasteiger partial charge >= 0.3 is 0 Å². The van der Waals surface area contributed by atoms with Gasteiger partial charge in [-0.15, -0.1) is 10.2 Å². The number of pyridine rings is 1. The van der Waals surface area contributed by atoms with E-state index >= 15 is 4.39 Å². The fourth-order valence-electron chi connectivity index (χ4n) is 3.20. The molecule has 3 rings (SSSR count). The van der Waals surface area contributed by atoms with E-state index in [1.165, 1.54) is 12.4 Å². The molecule has 0 amide bonds. The molecular weight excluding hydrogens is 359 g/mol. The van der Waals surface area contributed by atoms with Gasteiger partial charge in [-0.3, -0.25) is 0 Å². The summed E-state index contributed by atoms with van der Waals surface area (Å²) < 4.78 is 16.9. The Bertz CT molecular complexity index is 861. The summed E-state index contributed by atoms with van der Waals surface area (Å²) in [4.78, 5) is 6.09. The van der Waals surface area contributed by atoms with Crippen LogP contribution < -0.4 is 4.90 Å². The van der Waals surface area contributed by atoms with Crippen LogP contribution in [0.1, 0.15) is 43.8 Å². The average molecular weight is 379 g/mol. The third-order valence-corrected chi connectivity index (χ3v) is 4.95. The van der Waals surface area contributed by atoms with Crippen LogP contribution in [0.5, 0.6) is 0 Å². The molecule has 9 heteroatoms. The minimum absolute atomic E-state index is 0.131. The largest absolute Gasteiger partial charge is 0.384 e. The first-order valence-corrected chi connectivity index (χ1v) is 8.65. The first-order chi connectivity index (χ1) is 12.2. The van der Waals surface area contributed by atoms with Crippen LogP contribution in [0.3, 0.4) is 0 Å². The SMILES string of the molecule is Cn1cnnc1C1(F)CCN(c2c(C#N)cc(C(C)(C)O)nc2Cl)CC1. The van der Waals surface area contributed by atoms with E-state index in [2.05, 4.69) is 21.3 Å². The number of aliphatic hydroxyl groups is 1. The van der Waals surface area contributed by atoms with Crippen LogP contribution in [-0.4, -0.2) is 37.9 Å². The predicted octanol–water partition coefficient (Wildman–Crippen LogP) is 2.43. The van der Waals surface area contributed by atoms with E-state index in [1.54, 1.807) is 25.5 Å². The molecule has 0 saturated carbocycles. The van der Waals surface area contributed by atoms with Gasteiger partial charge in [-0.05, 0) is 19.9 Å². The maximum absolute atomic E-state index is 15.3. The van der Waals surface area contributed by atoms with Crippen molar-refractivity contribution in [3.05, 3.63) is 34.6 Å². The molecule has 2 aromatic heterocycles. The van der Waals surface area contributed by atoms with Crippen molar-refractivity contribution in [1.29, 1.82) is 5.26 Å². The number of aryl methyl sites for hydroxylation is 1. The van der Waals surface area contributed by atoms with Gasteiger partial charge < -0.3 is 14.6 Å². The van der Waals surface area contributed by atoms with Crippen molar-refractivity contribution in [2.24, 2.45) is 7.05 Å². The Hall–Kier alpha value is -2.24. The number of nitrogens with zero attached hydrogens (tertiary/aromatic N) is 6. The van der Waals surface area contributed by atoms with Crippen LogP contribution >= 0.6 is 11.6 Å². The van der Waals surface area contributed by atoms with Crippen LogP contribution in [0.2, 0.25) is 5.15 Å². The summed E-state index contributed by atoms with van der Waals surface area (Å²) in [5, 5.41) is 27.4. The Morgan fingerprint density at radius 1 is 1.38 bits per heavy atom. The van der Waals surface area contributed by atoms with Crippen molar-refractivity contribution < 1.29 is 9.50 Å². The maximum Gasteiger partial charge on any atom is 0.173 e. The van der Waals surface area contributed by atoms with Crippen molar-refractivity contribution in [2.75, 3.05) is 18.0 Å². The van der Waals surface area contributed by atoms with Crippen LogP contribution in [-0.2, 0) is 18.3 Å². The van der Waals surface area contributed by atoms with Crippen molar-refractivity contribution in [3.8, 4) is 6.07 Å². The monoisotopic (exact) mass is 378 g/mol. The zero-order valence-corrected chi connectivity index (χ0v) is 15.6. The molecule has 7 nitrogen and oxygen atoms in total. The van der Waals surface area contributed by atoms with Crippen molar-refractivity contribution in [3.63, 3.8) is 0 Å².